The fourth-order valence-corrected chi connectivity index (χ4v) is 7.44. The monoisotopic (exact) mass is 1020 g/mol. The second-order valence-corrected chi connectivity index (χ2v) is 16.9. The van der Waals surface area contributed by atoms with Gasteiger partial charge in [0, 0.05) is 28.3 Å². The Kier molecular flexibility index (Phi) is 23.7. The molecule has 74 heavy (non-hydrogen) atoms. The Hall–Kier alpha value is -8.12. The summed E-state index contributed by atoms with van der Waals surface area (Å²) in [6.07, 6.45) is 4.28. The lowest BCUT2D eigenvalue weighted by Gasteiger charge is -2.21. The van der Waals surface area contributed by atoms with Crippen molar-refractivity contribution >= 4 is 70.0 Å². The van der Waals surface area contributed by atoms with Crippen LogP contribution in [0.25, 0.3) is 0 Å². The Morgan fingerprint density at radius 3 is 1.42 bits per heavy atom. The van der Waals surface area contributed by atoms with Crippen molar-refractivity contribution in [2.75, 3.05) is 68.8 Å². The largest absolute Gasteiger partial charge is 0.496 e. The first kappa shape index (κ1) is 58.5. The van der Waals surface area contributed by atoms with Gasteiger partial charge in [0.15, 0.2) is 0 Å². The first-order chi connectivity index (χ1) is 35.5. The molecule has 23 heteroatoms. The maximum Gasteiger partial charge on any atom is 0.255 e. The molecule has 4 aromatic carbocycles. The van der Waals surface area contributed by atoms with Crippen molar-refractivity contribution in [2.24, 2.45) is 28.7 Å². The molecule has 0 radical (unpaired) electrons. The number of hydrogen-bond acceptors (Lipinski definition) is 15. The molecule has 3 atom stereocenters. The lowest BCUT2D eigenvalue weighted by atomic mass is 10.1. The zero-order chi connectivity index (χ0) is 54.2. The molecule has 4 rings (SSSR count). The Balaban J connectivity index is 1.47. The van der Waals surface area contributed by atoms with Crippen molar-refractivity contribution in [1.82, 2.24) is 16.0 Å². The van der Waals surface area contributed by atoms with Gasteiger partial charge in [-0.25, -0.2) is 0 Å². The van der Waals surface area contributed by atoms with Gasteiger partial charge in [-0.15, -0.1) is 0 Å². The molecule has 17 N–H and O–H groups in total. The summed E-state index contributed by atoms with van der Waals surface area (Å²) in [4.78, 5) is 106. The molecule has 0 aliphatic heterocycles. The maximum atomic E-state index is 14.1. The van der Waals surface area contributed by atoms with Crippen molar-refractivity contribution < 1.29 is 52.6 Å². The molecule has 0 aliphatic rings. The summed E-state index contributed by atoms with van der Waals surface area (Å²) in [5.74, 6) is -4.62. The Morgan fingerprint density at radius 2 is 0.919 bits per heavy atom. The SMILES string of the molecule is COc1ccc(NC(=O)CNC(=O)c2cc(NC(=O)[C@H](CCCCN)NC(=O)c3cc(NC(=O)[C@H](CCCCN)NC(=O)c4cccc(NC(=O)[C@@H](N)CCCCN)c4)ccc3OC)ccc2OC)cc1C(N)=O. The highest BCUT2D eigenvalue weighted by atomic mass is 16.5. The van der Waals surface area contributed by atoms with Crippen molar-refractivity contribution in [3.05, 3.63) is 101 Å². The predicted molar refractivity (Wildman–Crippen MR) is 280 cm³/mol. The summed E-state index contributed by atoms with van der Waals surface area (Å²) < 4.78 is 16.0. The average Bonchev–Trinajstić information content (AvgIpc) is 3.39. The summed E-state index contributed by atoms with van der Waals surface area (Å²) in [7, 11) is 4.05. The molecule has 8 amide bonds. The number of nitrogens with two attached hydrogens (primary N) is 5. The number of ether oxygens (including phenoxy) is 3. The summed E-state index contributed by atoms with van der Waals surface area (Å²) in [5.41, 5.74) is 29.6. The van der Waals surface area contributed by atoms with E-state index >= 15 is 0 Å². The quantitative estimate of drug-likeness (QED) is 0.0334. The van der Waals surface area contributed by atoms with Gasteiger partial charge < -0.3 is 80.1 Å². The van der Waals surface area contributed by atoms with E-state index in [-0.39, 0.29) is 69.4 Å². The molecule has 0 heterocycles. The fraction of sp³-hybridized carbons (Fsp3) is 0.373. The highest BCUT2D eigenvalue weighted by molar-refractivity contribution is 6.07. The zero-order valence-electron chi connectivity index (χ0n) is 41.8. The van der Waals surface area contributed by atoms with Gasteiger partial charge >= 0.3 is 0 Å². The number of unbranched alkanes of at least 4 members (excludes halogenated alkanes) is 3. The van der Waals surface area contributed by atoms with Gasteiger partial charge in [-0.05, 0) is 144 Å². The van der Waals surface area contributed by atoms with E-state index in [9.17, 15) is 38.4 Å². The highest BCUT2D eigenvalue weighted by Gasteiger charge is 2.27. The number of hydrogen-bond donors (Lipinski definition) is 12. The van der Waals surface area contributed by atoms with E-state index in [1.54, 1.807) is 12.1 Å². The molecule has 0 saturated carbocycles. The number of rotatable bonds is 30. The summed E-state index contributed by atoms with van der Waals surface area (Å²) in [5, 5.41) is 18.9. The van der Waals surface area contributed by atoms with E-state index in [1.807, 2.05) is 0 Å². The molecule has 23 nitrogen and oxygen atoms in total. The van der Waals surface area contributed by atoms with Gasteiger partial charge in [-0.3, -0.25) is 38.4 Å². The smallest absolute Gasteiger partial charge is 0.255 e. The number of carbonyl (C=O) groups excluding carboxylic acids is 8. The summed E-state index contributed by atoms with van der Waals surface area (Å²) in [6, 6.07) is 16.2. The molecule has 0 spiro atoms. The van der Waals surface area contributed by atoms with Gasteiger partial charge in [-0.1, -0.05) is 12.5 Å². The lowest BCUT2D eigenvalue weighted by Crippen LogP contribution is -2.44. The van der Waals surface area contributed by atoms with E-state index in [0.29, 0.717) is 63.8 Å². The standard InChI is InChI=1S/C51H68N12O11/c1-72-41-19-16-32(26-35(41)45(56)65)58-44(64)29-57-47(67)36-27-33(17-20-42(36)73-2)60-51(71)40(15-6-9-24-54)63-48(68)37-28-34(18-21-43(37)74-3)61-50(70)39(14-5-8-23-53)62-46(66)30-11-10-12-31(25-30)59-49(69)38(55)13-4-7-22-52/h10-12,16-21,25-28,38-40H,4-9,13-15,22-24,29,52-55H2,1-3H3,(H2,56,65)(H,57,67)(H,58,64)(H,59,69)(H,60,71)(H,61,70)(H,62,66)(H,63,68)/t38-,39-,40-/m0/s1. The van der Waals surface area contributed by atoms with E-state index < -0.39 is 71.9 Å². The number of anilines is 4. The number of primary amides is 1. The van der Waals surface area contributed by atoms with Gasteiger partial charge in [0.2, 0.25) is 23.6 Å². The third-order valence-corrected chi connectivity index (χ3v) is 11.4. The van der Waals surface area contributed by atoms with Crippen LogP contribution in [-0.2, 0) is 19.2 Å². The molecule has 0 bridgehead atoms. The normalized spacial score (nSPS) is 11.9. The van der Waals surface area contributed by atoms with Crippen molar-refractivity contribution in [3.63, 3.8) is 0 Å². The second-order valence-electron chi connectivity index (χ2n) is 16.9. The first-order valence-electron chi connectivity index (χ1n) is 24.0. The topological polar surface area (TPSA) is 379 Å². The molecular weight excluding hydrogens is 957 g/mol. The minimum absolute atomic E-state index is 0.0299. The highest BCUT2D eigenvalue weighted by Crippen LogP contribution is 2.26. The number of carbonyl (C=O) groups is 8. The molecular formula is C51H68N12O11. The minimum Gasteiger partial charge on any atom is -0.496 e. The minimum atomic E-state index is -1.14. The molecule has 398 valence electrons. The van der Waals surface area contributed by atoms with Crippen molar-refractivity contribution in [2.45, 2.75) is 75.9 Å². The van der Waals surface area contributed by atoms with E-state index in [0.717, 1.165) is 6.42 Å². The van der Waals surface area contributed by atoms with Crippen LogP contribution in [0.15, 0.2) is 78.9 Å². The fourth-order valence-electron chi connectivity index (χ4n) is 7.44. The number of amides is 8. The van der Waals surface area contributed by atoms with Crippen LogP contribution >= 0.6 is 0 Å². The number of nitrogens with one attached hydrogen (secondary N) is 7. The van der Waals surface area contributed by atoms with Crippen molar-refractivity contribution in [1.29, 1.82) is 0 Å². The van der Waals surface area contributed by atoms with Crippen molar-refractivity contribution in [3.8, 4) is 17.2 Å². The third kappa shape index (κ3) is 17.9. The molecule has 0 unspecified atom stereocenters. The van der Waals surface area contributed by atoms with Gasteiger partial charge in [0.1, 0.15) is 29.3 Å². The maximum absolute atomic E-state index is 14.1. The first-order valence-corrected chi connectivity index (χ1v) is 24.0. The number of methoxy groups -OCH3 is 3. The third-order valence-electron chi connectivity index (χ3n) is 11.4. The Morgan fingerprint density at radius 1 is 0.486 bits per heavy atom. The van der Waals surface area contributed by atoms with E-state index in [1.165, 1.54) is 88.1 Å². The van der Waals surface area contributed by atoms with Crippen LogP contribution in [0.5, 0.6) is 17.2 Å². The second kappa shape index (κ2) is 30.0. The average molecular weight is 1030 g/mol. The summed E-state index contributed by atoms with van der Waals surface area (Å²) in [6.45, 7) is 0.684. The summed E-state index contributed by atoms with van der Waals surface area (Å²) >= 11 is 0. The number of benzene rings is 4. The van der Waals surface area contributed by atoms with Gasteiger partial charge in [0.05, 0.1) is 50.6 Å². The Bertz CT molecular complexity index is 2610. The van der Waals surface area contributed by atoms with Crippen LogP contribution < -0.4 is 80.1 Å². The zero-order valence-corrected chi connectivity index (χ0v) is 41.8. The van der Waals surface area contributed by atoms with Crippen LogP contribution in [0, 0.1) is 0 Å². The van der Waals surface area contributed by atoms with Crippen LogP contribution in [-0.4, -0.2) is 113 Å². The Labute approximate surface area is 429 Å². The predicted octanol–water partition coefficient (Wildman–Crippen LogP) is 2.31. The van der Waals surface area contributed by atoms with Crippen LogP contribution in [0.1, 0.15) is 99.2 Å². The van der Waals surface area contributed by atoms with Crippen LogP contribution in [0.4, 0.5) is 22.7 Å². The molecule has 0 fully saturated rings. The van der Waals surface area contributed by atoms with E-state index in [4.69, 9.17) is 42.9 Å². The molecule has 0 aromatic heterocycles. The molecule has 4 aromatic rings. The lowest BCUT2D eigenvalue weighted by molar-refractivity contribution is -0.118. The molecule has 0 aliphatic carbocycles. The van der Waals surface area contributed by atoms with Gasteiger partial charge in [-0.2, -0.15) is 0 Å². The van der Waals surface area contributed by atoms with Crippen LogP contribution in [0.3, 0.4) is 0 Å². The van der Waals surface area contributed by atoms with Gasteiger partial charge in [0.25, 0.3) is 23.6 Å². The molecule has 0 saturated heterocycles. The van der Waals surface area contributed by atoms with E-state index in [2.05, 4.69) is 37.2 Å². The van der Waals surface area contributed by atoms with Crippen LogP contribution in [0.2, 0.25) is 0 Å².